The van der Waals surface area contributed by atoms with E-state index in [0.717, 1.165) is 16.7 Å². The fourth-order valence-electron chi connectivity index (χ4n) is 6.55. The SMILES string of the molecule is COC(=O)C(C(C)C)N(C)C(=O)[C@H]1CCN(C(=O)C2CN2C(c2ccccc2)(c2ccccc2)c2ccccc2)C1. The van der Waals surface area contributed by atoms with Crippen LogP contribution in [0.5, 0.6) is 0 Å². The topological polar surface area (TPSA) is 69.9 Å². The van der Waals surface area contributed by atoms with E-state index in [1.165, 1.54) is 12.0 Å². The third-order valence-electron chi connectivity index (χ3n) is 8.59. The number of carbonyl (C=O) groups excluding carboxylic acids is 3. The van der Waals surface area contributed by atoms with Crippen molar-refractivity contribution in [1.82, 2.24) is 14.7 Å². The zero-order valence-electron chi connectivity index (χ0n) is 24.3. The fraction of sp³-hybridized carbons (Fsp3) is 0.382. The van der Waals surface area contributed by atoms with Crippen LogP contribution >= 0.6 is 0 Å². The van der Waals surface area contributed by atoms with E-state index in [1.54, 1.807) is 7.05 Å². The number of likely N-dealkylation sites (tertiary alicyclic amines) is 1. The maximum Gasteiger partial charge on any atom is 0.328 e. The van der Waals surface area contributed by atoms with E-state index in [2.05, 4.69) is 41.3 Å². The Bertz CT molecular complexity index is 1270. The summed E-state index contributed by atoms with van der Waals surface area (Å²) in [6.07, 6.45) is 0.578. The molecule has 2 fully saturated rings. The van der Waals surface area contributed by atoms with Crippen molar-refractivity contribution in [3.63, 3.8) is 0 Å². The Morgan fingerprint density at radius 1 is 0.829 bits per heavy atom. The number of esters is 1. The molecule has 0 saturated carbocycles. The zero-order valence-corrected chi connectivity index (χ0v) is 24.3. The van der Waals surface area contributed by atoms with Crippen molar-refractivity contribution >= 4 is 17.8 Å². The molecule has 2 amide bonds. The molecular formula is C34H39N3O4. The molecule has 0 aromatic heterocycles. The second-order valence-electron chi connectivity index (χ2n) is 11.4. The minimum atomic E-state index is -0.653. The van der Waals surface area contributed by atoms with Crippen LogP contribution in [-0.4, -0.2) is 78.4 Å². The Labute approximate surface area is 242 Å². The van der Waals surface area contributed by atoms with Crippen LogP contribution in [0.2, 0.25) is 0 Å². The number of likely N-dealkylation sites (N-methyl/N-ethyl adjacent to an activating group) is 1. The first kappa shape index (κ1) is 28.6. The second kappa shape index (κ2) is 11.9. The van der Waals surface area contributed by atoms with Gasteiger partial charge in [-0.15, -0.1) is 0 Å². The van der Waals surface area contributed by atoms with Crippen molar-refractivity contribution in [3.05, 3.63) is 108 Å². The minimum absolute atomic E-state index is 0.0449. The molecule has 0 radical (unpaired) electrons. The summed E-state index contributed by atoms with van der Waals surface area (Å²) in [5.74, 6) is -0.927. The molecule has 3 aromatic rings. The van der Waals surface area contributed by atoms with Gasteiger partial charge in [0.15, 0.2) is 0 Å². The van der Waals surface area contributed by atoms with Crippen molar-refractivity contribution in [2.45, 2.75) is 37.9 Å². The van der Waals surface area contributed by atoms with Crippen LogP contribution in [0.3, 0.4) is 0 Å². The lowest BCUT2D eigenvalue weighted by Crippen LogP contribution is -2.49. The molecule has 7 nitrogen and oxygen atoms in total. The quantitative estimate of drug-likeness (QED) is 0.226. The molecule has 3 unspecified atom stereocenters. The normalized spacial score (nSPS) is 20.9. The highest BCUT2D eigenvalue weighted by Crippen LogP contribution is 2.48. The molecule has 2 saturated heterocycles. The summed E-state index contributed by atoms with van der Waals surface area (Å²) >= 11 is 0. The number of nitrogens with zero attached hydrogens (tertiary/aromatic N) is 3. The van der Waals surface area contributed by atoms with E-state index in [1.807, 2.05) is 73.3 Å². The molecule has 4 atom stereocenters. The third-order valence-corrected chi connectivity index (χ3v) is 8.59. The Morgan fingerprint density at radius 2 is 1.32 bits per heavy atom. The van der Waals surface area contributed by atoms with Gasteiger partial charge in [0, 0.05) is 26.7 Å². The molecule has 214 valence electrons. The van der Waals surface area contributed by atoms with Gasteiger partial charge >= 0.3 is 5.97 Å². The van der Waals surface area contributed by atoms with Gasteiger partial charge < -0.3 is 14.5 Å². The molecule has 3 aromatic carbocycles. The molecule has 5 rings (SSSR count). The summed E-state index contributed by atoms with van der Waals surface area (Å²) in [6.45, 7) is 5.29. The molecule has 0 spiro atoms. The smallest absolute Gasteiger partial charge is 0.328 e. The largest absolute Gasteiger partial charge is 0.467 e. The molecular weight excluding hydrogens is 514 g/mol. The van der Waals surface area contributed by atoms with E-state index in [9.17, 15) is 14.4 Å². The van der Waals surface area contributed by atoms with E-state index < -0.39 is 17.6 Å². The van der Waals surface area contributed by atoms with Crippen LogP contribution in [0.25, 0.3) is 0 Å². The molecule has 2 heterocycles. The van der Waals surface area contributed by atoms with Gasteiger partial charge in [0.2, 0.25) is 11.8 Å². The summed E-state index contributed by atoms with van der Waals surface area (Å²) < 4.78 is 4.96. The first-order valence-corrected chi connectivity index (χ1v) is 14.4. The lowest BCUT2D eigenvalue weighted by Gasteiger charge is -2.38. The van der Waals surface area contributed by atoms with Crippen molar-refractivity contribution in [1.29, 1.82) is 0 Å². The number of amides is 2. The molecule has 7 heteroatoms. The predicted molar refractivity (Wildman–Crippen MR) is 158 cm³/mol. The van der Waals surface area contributed by atoms with Gasteiger partial charge in [-0.25, -0.2) is 4.79 Å². The summed E-state index contributed by atoms with van der Waals surface area (Å²) in [4.78, 5) is 45.4. The Morgan fingerprint density at radius 3 is 1.76 bits per heavy atom. The number of ether oxygens (including phenoxy) is 1. The molecule has 2 aliphatic heterocycles. The van der Waals surface area contributed by atoms with Crippen LogP contribution in [-0.2, 0) is 24.7 Å². The summed E-state index contributed by atoms with van der Waals surface area (Å²) in [5, 5.41) is 0. The summed E-state index contributed by atoms with van der Waals surface area (Å²) in [5.41, 5.74) is 2.67. The van der Waals surface area contributed by atoms with Crippen molar-refractivity contribution in [2.24, 2.45) is 11.8 Å². The van der Waals surface area contributed by atoms with Gasteiger partial charge in [-0.1, -0.05) is 105 Å². The van der Waals surface area contributed by atoms with Gasteiger partial charge in [-0.05, 0) is 29.0 Å². The molecule has 0 aliphatic carbocycles. The van der Waals surface area contributed by atoms with Gasteiger partial charge in [-0.3, -0.25) is 14.5 Å². The van der Waals surface area contributed by atoms with E-state index in [4.69, 9.17) is 4.74 Å². The van der Waals surface area contributed by atoms with E-state index in [0.29, 0.717) is 26.1 Å². The Balaban J connectivity index is 1.40. The third kappa shape index (κ3) is 5.26. The highest BCUT2D eigenvalue weighted by atomic mass is 16.5. The molecule has 41 heavy (non-hydrogen) atoms. The maximum absolute atomic E-state index is 14.0. The van der Waals surface area contributed by atoms with E-state index in [-0.39, 0.29) is 29.7 Å². The van der Waals surface area contributed by atoms with Crippen molar-refractivity contribution in [3.8, 4) is 0 Å². The van der Waals surface area contributed by atoms with Crippen molar-refractivity contribution in [2.75, 3.05) is 33.8 Å². The minimum Gasteiger partial charge on any atom is -0.467 e. The van der Waals surface area contributed by atoms with Gasteiger partial charge in [-0.2, -0.15) is 0 Å². The predicted octanol–water partition coefficient (Wildman–Crippen LogP) is 4.17. The summed E-state index contributed by atoms with van der Waals surface area (Å²) in [6, 6.07) is 30.1. The highest BCUT2D eigenvalue weighted by Gasteiger charge is 2.57. The van der Waals surface area contributed by atoms with Crippen LogP contribution in [0, 0.1) is 11.8 Å². The lowest BCUT2D eigenvalue weighted by atomic mass is 9.76. The zero-order chi connectivity index (χ0) is 29.1. The number of carbonyl (C=O) groups is 3. The number of rotatable bonds is 9. The second-order valence-corrected chi connectivity index (χ2v) is 11.4. The number of hydrogen-bond acceptors (Lipinski definition) is 5. The van der Waals surface area contributed by atoms with Crippen LogP contribution < -0.4 is 0 Å². The first-order chi connectivity index (χ1) is 19.8. The molecule has 2 aliphatic rings. The van der Waals surface area contributed by atoms with Gasteiger partial charge in [0.1, 0.15) is 12.1 Å². The average molecular weight is 554 g/mol. The monoisotopic (exact) mass is 553 g/mol. The standard InChI is InChI=1S/C34H39N3O4/c1-24(2)30(33(40)41-4)35(3)31(38)25-20-21-36(22-25)32(39)29-23-37(29)34(26-14-8-5-9-15-26,27-16-10-6-11-17-27)28-18-12-7-13-19-28/h5-19,24-25,29-30H,20-23H2,1-4H3/t25-,29?,30?,37?/m0/s1. The molecule has 0 bridgehead atoms. The lowest BCUT2D eigenvalue weighted by molar-refractivity contribution is -0.155. The average Bonchev–Trinajstić information content (AvgIpc) is 3.64. The van der Waals surface area contributed by atoms with Gasteiger partial charge in [0.05, 0.1) is 18.6 Å². The molecule has 0 N–H and O–H groups in total. The van der Waals surface area contributed by atoms with Crippen LogP contribution in [0.4, 0.5) is 0 Å². The summed E-state index contributed by atoms with van der Waals surface area (Å²) in [7, 11) is 3.00. The van der Waals surface area contributed by atoms with Crippen molar-refractivity contribution < 1.29 is 19.1 Å². The fourth-order valence-corrected chi connectivity index (χ4v) is 6.55. The van der Waals surface area contributed by atoms with Gasteiger partial charge in [0.25, 0.3) is 0 Å². The maximum atomic E-state index is 14.0. The van der Waals surface area contributed by atoms with Crippen LogP contribution in [0.1, 0.15) is 37.0 Å². The Kier molecular flexibility index (Phi) is 8.27. The number of benzene rings is 3. The Hall–Kier alpha value is -3.97. The first-order valence-electron chi connectivity index (χ1n) is 14.4. The highest BCUT2D eigenvalue weighted by molar-refractivity contribution is 5.89. The van der Waals surface area contributed by atoms with Crippen LogP contribution in [0.15, 0.2) is 91.0 Å². The number of methoxy groups -OCH3 is 1. The number of hydrogen-bond donors (Lipinski definition) is 0. The van der Waals surface area contributed by atoms with E-state index >= 15 is 0 Å².